The van der Waals surface area contributed by atoms with Crippen LogP contribution in [0.2, 0.25) is 0 Å². The van der Waals surface area contributed by atoms with E-state index in [-0.39, 0.29) is 5.91 Å². The Labute approximate surface area is 132 Å². The average Bonchev–Trinajstić information content (AvgIpc) is 2.98. The molecule has 1 aliphatic rings. The van der Waals surface area contributed by atoms with E-state index in [1.165, 1.54) is 0 Å². The molecular formula is C17H26N2O3. The van der Waals surface area contributed by atoms with Crippen molar-refractivity contribution in [2.75, 3.05) is 39.9 Å². The molecule has 1 aromatic carbocycles. The van der Waals surface area contributed by atoms with E-state index in [2.05, 4.69) is 5.32 Å². The van der Waals surface area contributed by atoms with Crippen LogP contribution in [0.4, 0.5) is 0 Å². The Morgan fingerprint density at radius 3 is 2.68 bits per heavy atom. The van der Waals surface area contributed by atoms with Crippen LogP contribution in [0.5, 0.6) is 11.5 Å². The highest BCUT2D eigenvalue weighted by molar-refractivity contribution is 5.95. The minimum atomic E-state index is 0.0719. The molecule has 0 aliphatic carbocycles. The molecule has 1 fully saturated rings. The molecule has 0 saturated carbocycles. The van der Waals surface area contributed by atoms with Crippen LogP contribution < -0.4 is 14.8 Å². The van der Waals surface area contributed by atoms with Gasteiger partial charge in [0.25, 0.3) is 5.91 Å². The molecule has 1 aliphatic heterocycles. The summed E-state index contributed by atoms with van der Waals surface area (Å²) in [5.74, 6) is 1.95. The lowest BCUT2D eigenvalue weighted by Gasteiger charge is -2.18. The van der Waals surface area contributed by atoms with Crippen molar-refractivity contribution in [3.63, 3.8) is 0 Å². The van der Waals surface area contributed by atoms with Crippen molar-refractivity contribution < 1.29 is 14.3 Å². The summed E-state index contributed by atoms with van der Waals surface area (Å²) in [6.45, 7) is 7.57. The van der Waals surface area contributed by atoms with Gasteiger partial charge in [0.05, 0.1) is 13.2 Å². The standard InChI is InChI=1S/C17H26N2O3/c1-4-21-15-7-6-14(10-16(15)22-5-2)17(20)19-9-8-13(12-19)11-18-3/h6-7,10,13,18H,4-5,8-9,11-12H2,1-3H3. The van der Waals surface area contributed by atoms with Gasteiger partial charge in [0, 0.05) is 18.7 Å². The molecule has 0 radical (unpaired) electrons. The van der Waals surface area contributed by atoms with Gasteiger partial charge in [-0.1, -0.05) is 0 Å². The zero-order valence-electron chi connectivity index (χ0n) is 13.7. The van der Waals surface area contributed by atoms with Gasteiger partial charge in [-0.05, 0) is 58.0 Å². The first-order valence-corrected chi connectivity index (χ1v) is 8.03. The largest absolute Gasteiger partial charge is 0.490 e. The normalized spacial score (nSPS) is 17.6. The molecule has 1 amide bonds. The summed E-state index contributed by atoms with van der Waals surface area (Å²) in [5, 5.41) is 3.18. The Balaban J connectivity index is 2.11. The number of carbonyl (C=O) groups is 1. The number of hydrogen-bond acceptors (Lipinski definition) is 4. The molecule has 1 atom stereocenters. The number of amides is 1. The Hall–Kier alpha value is -1.75. The molecule has 5 nitrogen and oxygen atoms in total. The molecule has 22 heavy (non-hydrogen) atoms. The van der Waals surface area contributed by atoms with Gasteiger partial charge in [-0.25, -0.2) is 0 Å². The second-order valence-electron chi connectivity index (χ2n) is 5.49. The third-order valence-corrected chi connectivity index (χ3v) is 3.86. The minimum absolute atomic E-state index is 0.0719. The highest BCUT2D eigenvalue weighted by Gasteiger charge is 2.27. The van der Waals surface area contributed by atoms with Gasteiger partial charge in [0.1, 0.15) is 0 Å². The van der Waals surface area contributed by atoms with Crippen molar-refractivity contribution in [1.82, 2.24) is 10.2 Å². The summed E-state index contributed by atoms with van der Waals surface area (Å²) in [7, 11) is 1.95. The van der Waals surface area contributed by atoms with Crippen LogP contribution in [-0.4, -0.2) is 50.7 Å². The lowest BCUT2D eigenvalue weighted by molar-refractivity contribution is 0.0786. The number of carbonyl (C=O) groups excluding carboxylic acids is 1. The fourth-order valence-electron chi connectivity index (χ4n) is 2.84. The Kier molecular flexibility index (Phi) is 6.07. The number of likely N-dealkylation sites (tertiary alicyclic amines) is 1. The third-order valence-electron chi connectivity index (χ3n) is 3.86. The lowest BCUT2D eigenvalue weighted by atomic mass is 10.1. The van der Waals surface area contributed by atoms with Gasteiger partial charge in [-0.2, -0.15) is 0 Å². The fourth-order valence-corrected chi connectivity index (χ4v) is 2.84. The molecule has 1 heterocycles. The van der Waals surface area contributed by atoms with E-state index in [0.29, 0.717) is 36.2 Å². The maximum atomic E-state index is 12.6. The Morgan fingerprint density at radius 1 is 1.27 bits per heavy atom. The van der Waals surface area contributed by atoms with Gasteiger partial charge in [-0.3, -0.25) is 4.79 Å². The third kappa shape index (κ3) is 3.91. The first kappa shape index (κ1) is 16.6. The van der Waals surface area contributed by atoms with Crippen molar-refractivity contribution in [2.24, 2.45) is 5.92 Å². The summed E-state index contributed by atoms with van der Waals surface area (Å²) in [6, 6.07) is 5.44. The summed E-state index contributed by atoms with van der Waals surface area (Å²) < 4.78 is 11.1. The molecular weight excluding hydrogens is 280 g/mol. The summed E-state index contributed by atoms with van der Waals surface area (Å²) >= 11 is 0. The summed E-state index contributed by atoms with van der Waals surface area (Å²) in [4.78, 5) is 14.6. The van der Waals surface area contributed by atoms with Crippen molar-refractivity contribution in [3.05, 3.63) is 23.8 Å². The van der Waals surface area contributed by atoms with Crippen LogP contribution in [-0.2, 0) is 0 Å². The van der Waals surface area contributed by atoms with Crippen molar-refractivity contribution >= 4 is 5.91 Å². The summed E-state index contributed by atoms with van der Waals surface area (Å²) in [5.41, 5.74) is 0.664. The fraction of sp³-hybridized carbons (Fsp3) is 0.588. The molecule has 1 unspecified atom stereocenters. The lowest BCUT2D eigenvalue weighted by Crippen LogP contribution is -2.30. The first-order chi connectivity index (χ1) is 10.7. The zero-order valence-corrected chi connectivity index (χ0v) is 13.7. The zero-order chi connectivity index (χ0) is 15.9. The van der Waals surface area contributed by atoms with Gasteiger partial charge < -0.3 is 19.7 Å². The van der Waals surface area contributed by atoms with Gasteiger partial charge in [0.2, 0.25) is 0 Å². The maximum Gasteiger partial charge on any atom is 0.254 e. The molecule has 122 valence electrons. The first-order valence-electron chi connectivity index (χ1n) is 8.03. The molecule has 0 bridgehead atoms. The van der Waals surface area contributed by atoms with E-state index in [1.807, 2.05) is 37.9 Å². The molecule has 1 aromatic rings. The predicted molar refractivity (Wildman–Crippen MR) is 86.7 cm³/mol. The van der Waals surface area contributed by atoms with Crippen molar-refractivity contribution in [2.45, 2.75) is 20.3 Å². The predicted octanol–water partition coefficient (Wildman–Crippen LogP) is 2.17. The molecule has 0 spiro atoms. The SMILES string of the molecule is CCOc1ccc(C(=O)N2CCC(CNC)C2)cc1OCC. The maximum absolute atomic E-state index is 12.6. The average molecular weight is 306 g/mol. The molecule has 1 N–H and O–H groups in total. The van der Waals surface area contributed by atoms with Crippen LogP contribution in [0.1, 0.15) is 30.6 Å². The van der Waals surface area contributed by atoms with E-state index >= 15 is 0 Å². The molecule has 0 aromatic heterocycles. The monoisotopic (exact) mass is 306 g/mol. The topological polar surface area (TPSA) is 50.8 Å². The van der Waals surface area contributed by atoms with Crippen LogP contribution in [0.25, 0.3) is 0 Å². The molecule has 1 saturated heterocycles. The second-order valence-corrected chi connectivity index (χ2v) is 5.49. The number of nitrogens with zero attached hydrogens (tertiary/aromatic N) is 1. The number of rotatable bonds is 7. The van der Waals surface area contributed by atoms with E-state index < -0.39 is 0 Å². The van der Waals surface area contributed by atoms with E-state index in [4.69, 9.17) is 9.47 Å². The van der Waals surface area contributed by atoms with E-state index in [0.717, 1.165) is 26.1 Å². The number of ether oxygens (including phenoxy) is 2. The number of nitrogens with one attached hydrogen (secondary N) is 1. The highest BCUT2D eigenvalue weighted by atomic mass is 16.5. The van der Waals surface area contributed by atoms with Crippen LogP contribution in [0.15, 0.2) is 18.2 Å². The van der Waals surface area contributed by atoms with Gasteiger partial charge in [-0.15, -0.1) is 0 Å². The minimum Gasteiger partial charge on any atom is -0.490 e. The number of hydrogen-bond donors (Lipinski definition) is 1. The van der Waals surface area contributed by atoms with E-state index in [1.54, 1.807) is 6.07 Å². The summed E-state index contributed by atoms with van der Waals surface area (Å²) in [6.07, 6.45) is 1.06. The molecule has 5 heteroatoms. The van der Waals surface area contributed by atoms with Crippen LogP contribution >= 0.6 is 0 Å². The van der Waals surface area contributed by atoms with Crippen LogP contribution in [0.3, 0.4) is 0 Å². The van der Waals surface area contributed by atoms with Crippen molar-refractivity contribution in [3.8, 4) is 11.5 Å². The molecule has 2 rings (SSSR count). The smallest absolute Gasteiger partial charge is 0.254 e. The highest BCUT2D eigenvalue weighted by Crippen LogP contribution is 2.29. The van der Waals surface area contributed by atoms with Gasteiger partial charge in [0.15, 0.2) is 11.5 Å². The second kappa shape index (κ2) is 8.03. The van der Waals surface area contributed by atoms with Crippen molar-refractivity contribution in [1.29, 1.82) is 0 Å². The van der Waals surface area contributed by atoms with Gasteiger partial charge >= 0.3 is 0 Å². The number of benzene rings is 1. The van der Waals surface area contributed by atoms with E-state index in [9.17, 15) is 4.79 Å². The Bertz CT molecular complexity index is 505. The Morgan fingerprint density at radius 2 is 2.00 bits per heavy atom. The quantitative estimate of drug-likeness (QED) is 0.839. The van der Waals surface area contributed by atoms with Crippen LogP contribution in [0, 0.1) is 5.92 Å².